The summed E-state index contributed by atoms with van der Waals surface area (Å²) in [5.74, 6) is 0. The van der Waals surface area contributed by atoms with Crippen molar-refractivity contribution in [2.24, 2.45) is 0 Å². The second kappa shape index (κ2) is 6.66. The average molecular weight is 326 g/mol. The Morgan fingerprint density at radius 3 is 2.45 bits per heavy atom. The molecule has 0 aromatic heterocycles. The predicted molar refractivity (Wildman–Crippen MR) is 87.6 cm³/mol. The number of sulfone groups is 1. The SMILES string of the molecule is CN(C)C[C@@]1(O)CCCN(Cc2ccc(S(C)(=O)=O)cc2)C1. The van der Waals surface area contributed by atoms with Gasteiger partial charge in [0.2, 0.25) is 0 Å². The summed E-state index contributed by atoms with van der Waals surface area (Å²) in [6.45, 7) is 3.01. The van der Waals surface area contributed by atoms with E-state index < -0.39 is 15.4 Å². The quantitative estimate of drug-likeness (QED) is 0.874. The van der Waals surface area contributed by atoms with Gasteiger partial charge in [0.1, 0.15) is 0 Å². The Balaban J connectivity index is 2.01. The summed E-state index contributed by atoms with van der Waals surface area (Å²) in [4.78, 5) is 4.60. The molecule has 1 fully saturated rings. The van der Waals surface area contributed by atoms with Crippen molar-refractivity contribution in [1.29, 1.82) is 0 Å². The lowest BCUT2D eigenvalue weighted by atomic mass is 9.92. The fourth-order valence-corrected chi connectivity index (χ4v) is 3.79. The minimum atomic E-state index is -3.14. The zero-order chi connectivity index (χ0) is 16.4. The van der Waals surface area contributed by atoms with Crippen LogP contribution in [-0.2, 0) is 16.4 Å². The molecule has 0 unspecified atom stereocenters. The van der Waals surface area contributed by atoms with Gasteiger partial charge >= 0.3 is 0 Å². The maximum Gasteiger partial charge on any atom is 0.175 e. The number of nitrogens with zero attached hydrogens (tertiary/aromatic N) is 2. The number of likely N-dealkylation sites (N-methyl/N-ethyl adjacent to an activating group) is 1. The summed E-state index contributed by atoms with van der Waals surface area (Å²) in [6, 6.07) is 7.02. The van der Waals surface area contributed by atoms with Crippen molar-refractivity contribution in [2.75, 3.05) is 40.0 Å². The fraction of sp³-hybridized carbons (Fsp3) is 0.625. The van der Waals surface area contributed by atoms with Crippen LogP contribution in [0.5, 0.6) is 0 Å². The Kier molecular flexibility index (Phi) is 5.27. The lowest BCUT2D eigenvalue weighted by Gasteiger charge is -2.40. The zero-order valence-electron chi connectivity index (χ0n) is 13.6. The maximum absolute atomic E-state index is 11.5. The fourth-order valence-electron chi connectivity index (χ4n) is 3.16. The number of piperidine rings is 1. The molecule has 2 rings (SSSR count). The van der Waals surface area contributed by atoms with E-state index in [2.05, 4.69) is 4.90 Å². The Bertz CT molecular complexity index is 598. The summed E-state index contributed by atoms with van der Waals surface area (Å²) < 4.78 is 22.9. The number of β-amino-alcohol motifs (C(OH)–C–C–N with tert-alkyl or cyclic N) is 1. The van der Waals surface area contributed by atoms with Gasteiger partial charge in [0.15, 0.2) is 9.84 Å². The van der Waals surface area contributed by atoms with E-state index in [1.54, 1.807) is 12.1 Å². The highest BCUT2D eigenvalue weighted by atomic mass is 32.2. The zero-order valence-corrected chi connectivity index (χ0v) is 14.4. The van der Waals surface area contributed by atoms with Crippen LogP contribution >= 0.6 is 0 Å². The Hall–Kier alpha value is -0.950. The lowest BCUT2D eigenvalue weighted by Crippen LogP contribution is -2.52. The van der Waals surface area contributed by atoms with E-state index in [4.69, 9.17) is 0 Å². The van der Waals surface area contributed by atoms with Gasteiger partial charge in [-0.3, -0.25) is 4.90 Å². The highest BCUT2D eigenvalue weighted by Crippen LogP contribution is 2.23. The molecule has 1 heterocycles. The Morgan fingerprint density at radius 2 is 1.91 bits per heavy atom. The van der Waals surface area contributed by atoms with E-state index in [1.165, 1.54) is 6.26 Å². The van der Waals surface area contributed by atoms with Gasteiger partial charge in [0.05, 0.1) is 10.5 Å². The molecule has 22 heavy (non-hydrogen) atoms. The third-order valence-corrected chi connectivity index (χ3v) is 5.13. The number of benzene rings is 1. The Labute approximate surface area is 133 Å². The molecule has 0 bridgehead atoms. The first-order valence-corrected chi connectivity index (χ1v) is 9.46. The molecule has 1 aromatic rings. The summed E-state index contributed by atoms with van der Waals surface area (Å²) >= 11 is 0. The van der Waals surface area contributed by atoms with Crippen molar-refractivity contribution in [3.8, 4) is 0 Å². The molecule has 1 N–H and O–H groups in total. The van der Waals surface area contributed by atoms with Crippen LogP contribution in [0.4, 0.5) is 0 Å². The second-order valence-electron chi connectivity index (χ2n) is 6.69. The van der Waals surface area contributed by atoms with Crippen molar-refractivity contribution in [2.45, 2.75) is 29.9 Å². The third kappa shape index (κ3) is 4.78. The normalized spacial score (nSPS) is 23.9. The third-order valence-electron chi connectivity index (χ3n) is 4.00. The molecule has 1 aliphatic heterocycles. The minimum Gasteiger partial charge on any atom is -0.387 e. The highest BCUT2D eigenvalue weighted by Gasteiger charge is 2.33. The average Bonchev–Trinajstić information content (AvgIpc) is 2.36. The molecule has 5 nitrogen and oxygen atoms in total. The van der Waals surface area contributed by atoms with Gasteiger partial charge in [-0.15, -0.1) is 0 Å². The first kappa shape index (κ1) is 17.4. The van der Waals surface area contributed by atoms with Crippen LogP contribution in [0.25, 0.3) is 0 Å². The molecule has 1 saturated heterocycles. The van der Waals surface area contributed by atoms with Gasteiger partial charge in [0, 0.05) is 25.9 Å². The van der Waals surface area contributed by atoms with E-state index in [1.807, 2.05) is 31.1 Å². The van der Waals surface area contributed by atoms with Gasteiger partial charge in [-0.05, 0) is 51.2 Å². The molecule has 0 aliphatic carbocycles. The van der Waals surface area contributed by atoms with E-state index in [0.29, 0.717) is 18.0 Å². The van der Waals surface area contributed by atoms with Gasteiger partial charge in [0.25, 0.3) is 0 Å². The van der Waals surface area contributed by atoms with Crippen LogP contribution in [-0.4, -0.2) is 68.9 Å². The summed E-state index contributed by atoms with van der Waals surface area (Å²) in [5, 5.41) is 10.7. The molecular weight excluding hydrogens is 300 g/mol. The smallest absolute Gasteiger partial charge is 0.175 e. The topological polar surface area (TPSA) is 60.9 Å². The lowest BCUT2D eigenvalue weighted by molar-refractivity contribution is -0.0479. The van der Waals surface area contributed by atoms with Gasteiger partial charge < -0.3 is 10.0 Å². The van der Waals surface area contributed by atoms with E-state index in [0.717, 1.165) is 31.5 Å². The summed E-state index contributed by atoms with van der Waals surface area (Å²) in [6.07, 6.45) is 3.02. The maximum atomic E-state index is 11.5. The Morgan fingerprint density at radius 1 is 1.27 bits per heavy atom. The van der Waals surface area contributed by atoms with Crippen LogP contribution in [0.2, 0.25) is 0 Å². The monoisotopic (exact) mass is 326 g/mol. The van der Waals surface area contributed by atoms with Crippen LogP contribution in [0, 0.1) is 0 Å². The van der Waals surface area contributed by atoms with Gasteiger partial charge in [-0.1, -0.05) is 12.1 Å². The van der Waals surface area contributed by atoms with Crippen molar-refractivity contribution in [3.05, 3.63) is 29.8 Å². The molecule has 1 aromatic carbocycles. The second-order valence-corrected chi connectivity index (χ2v) is 8.71. The van der Waals surface area contributed by atoms with Gasteiger partial charge in [-0.2, -0.15) is 0 Å². The molecule has 0 saturated carbocycles. The number of hydrogen-bond acceptors (Lipinski definition) is 5. The van der Waals surface area contributed by atoms with Crippen LogP contribution in [0.1, 0.15) is 18.4 Å². The van der Waals surface area contributed by atoms with Crippen molar-refractivity contribution < 1.29 is 13.5 Å². The minimum absolute atomic E-state index is 0.346. The van der Waals surface area contributed by atoms with Crippen molar-refractivity contribution in [1.82, 2.24) is 9.80 Å². The molecule has 0 amide bonds. The molecule has 1 atom stereocenters. The van der Waals surface area contributed by atoms with Crippen LogP contribution < -0.4 is 0 Å². The van der Waals surface area contributed by atoms with E-state index >= 15 is 0 Å². The molecule has 124 valence electrons. The number of aliphatic hydroxyl groups is 1. The molecule has 0 spiro atoms. The molecule has 6 heteroatoms. The number of rotatable bonds is 5. The standard InChI is InChI=1S/C16H26N2O3S/c1-17(2)12-16(19)9-4-10-18(13-16)11-14-5-7-15(8-6-14)22(3,20)21/h5-8,19H,4,9-13H2,1-3H3/t16-/m0/s1. The highest BCUT2D eigenvalue weighted by molar-refractivity contribution is 7.90. The van der Waals surface area contributed by atoms with E-state index in [-0.39, 0.29) is 0 Å². The summed E-state index contributed by atoms with van der Waals surface area (Å²) in [7, 11) is 0.802. The van der Waals surface area contributed by atoms with Crippen LogP contribution in [0.3, 0.4) is 0 Å². The van der Waals surface area contributed by atoms with Gasteiger partial charge in [-0.25, -0.2) is 8.42 Å². The van der Waals surface area contributed by atoms with E-state index in [9.17, 15) is 13.5 Å². The van der Waals surface area contributed by atoms with Crippen molar-refractivity contribution >= 4 is 9.84 Å². The van der Waals surface area contributed by atoms with Crippen molar-refractivity contribution in [3.63, 3.8) is 0 Å². The summed E-state index contributed by atoms with van der Waals surface area (Å²) in [5.41, 5.74) is 0.413. The number of hydrogen-bond donors (Lipinski definition) is 1. The predicted octanol–water partition coefficient (Wildman–Crippen LogP) is 0.979. The first-order chi connectivity index (χ1) is 10.2. The number of likely N-dealkylation sites (tertiary alicyclic amines) is 1. The first-order valence-electron chi connectivity index (χ1n) is 7.56. The molecule has 1 aliphatic rings. The largest absolute Gasteiger partial charge is 0.387 e. The van der Waals surface area contributed by atoms with Crippen LogP contribution in [0.15, 0.2) is 29.2 Å². The molecular formula is C16H26N2O3S. The molecule has 0 radical (unpaired) electrons.